The molecule has 25 heavy (non-hydrogen) atoms. The van der Waals surface area contributed by atoms with Gasteiger partial charge in [0.2, 0.25) is 5.91 Å². The first-order valence-electron chi connectivity index (χ1n) is 8.38. The maximum atomic E-state index is 11.9. The van der Waals surface area contributed by atoms with Crippen LogP contribution < -0.4 is 10.6 Å². The van der Waals surface area contributed by atoms with Crippen LogP contribution in [0.1, 0.15) is 41.8 Å². The topological polar surface area (TPSA) is 129 Å². The molecule has 1 aromatic heterocycles. The van der Waals surface area contributed by atoms with Gasteiger partial charge in [0.1, 0.15) is 0 Å². The Balaban J connectivity index is 0.000000326. The van der Waals surface area contributed by atoms with E-state index in [0.717, 1.165) is 31.4 Å². The van der Waals surface area contributed by atoms with Crippen molar-refractivity contribution in [3.8, 4) is 0 Å². The van der Waals surface area contributed by atoms with E-state index in [1.165, 1.54) is 41.8 Å². The Hall–Kier alpha value is -2.48. The molecule has 8 heteroatoms. The summed E-state index contributed by atoms with van der Waals surface area (Å²) in [5, 5.41) is 20.8. The predicted octanol–water partition coefficient (Wildman–Crippen LogP) is 0.763. The van der Waals surface area contributed by atoms with Gasteiger partial charge in [-0.15, -0.1) is 0 Å². The van der Waals surface area contributed by atoms with E-state index in [1.807, 2.05) is 0 Å². The van der Waals surface area contributed by atoms with Crippen LogP contribution in [-0.2, 0) is 40.1 Å². The van der Waals surface area contributed by atoms with Gasteiger partial charge in [-0.05, 0) is 63.1 Å². The normalized spacial score (nSPS) is 14.6. The molecule has 0 aliphatic heterocycles. The maximum absolute atomic E-state index is 11.9. The lowest BCUT2D eigenvalue weighted by molar-refractivity contribution is -0.159. The van der Waals surface area contributed by atoms with Crippen molar-refractivity contribution in [1.82, 2.24) is 10.3 Å². The fourth-order valence-electron chi connectivity index (χ4n) is 3.24. The number of hydrogen-bond acceptors (Lipinski definition) is 5. The molecule has 1 heterocycles. The van der Waals surface area contributed by atoms with E-state index < -0.39 is 11.9 Å². The van der Waals surface area contributed by atoms with E-state index in [2.05, 4.69) is 10.6 Å². The minimum Gasteiger partial charge on any atom is -0.473 e. The molecule has 0 fully saturated rings. The molecule has 4 N–H and O–H groups in total. The summed E-state index contributed by atoms with van der Waals surface area (Å²) in [7, 11) is 1.80. The molecule has 1 aromatic rings. The quantitative estimate of drug-likeness (QED) is 0.593. The van der Waals surface area contributed by atoms with Crippen molar-refractivity contribution >= 4 is 23.5 Å². The van der Waals surface area contributed by atoms with Crippen LogP contribution >= 0.6 is 0 Å². The monoisotopic (exact) mass is 349 g/mol. The number of aliphatic carboxylic acids is 2. The Kier molecular flexibility index (Phi) is 6.46. The number of hydrogen-bond donors (Lipinski definition) is 4. The molecule has 0 spiro atoms. The fraction of sp³-hybridized carbons (Fsp3) is 0.529. The zero-order valence-corrected chi connectivity index (χ0v) is 14.2. The Morgan fingerprint density at radius 1 is 0.920 bits per heavy atom. The van der Waals surface area contributed by atoms with Gasteiger partial charge in [-0.25, -0.2) is 9.59 Å². The average molecular weight is 349 g/mol. The van der Waals surface area contributed by atoms with Gasteiger partial charge in [-0.1, -0.05) is 0 Å². The largest absolute Gasteiger partial charge is 0.473 e. The molecule has 0 atom stereocenters. The molecule has 0 aromatic carbocycles. The third-order valence-electron chi connectivity index (χ3n) is 4.29. The van der Waals surface area contributed by atoms with Gasteiger partial charge < -0.3 is 20.8 Å². The average Bonchev–Trinajstić information content (AvgIpc) is 3.03. The SMILES string of the molecule is CNCC(=O)Nc1c2c(nc3c1CCC3)CCCC2.O=C(O)C(=O)O. The lowest BCUT2D eigenvalue weighted by Gasteiger charge is -2.22. The first kappa shape index (κ1) is 18.9. The number of carboxylic acids is 2. The summed E-state index contributed by atoms with van der Waals surface area (Å²) in [6, 6.07) is 0. The van der Waals surface area contributed by atoms with Gasteiger partial charge in [-0.2, -0.15) is 0 Å². The molecule has 1 amide bonds. The molecular weight excluding hydrogens is 326 g/mol. The molecule has 8 nitrogen and oxygen atoms in total. The number of aryl methyl sites for hydroxylation is 2. The van der Waals surface area contributed by atoms with Crippen molar-refractivity contribution in [3.05, 3.63) is 22.5 Å². The molecule has 2 aliphatic rings. The van der Waals surface area contributed by atoms with Gasteiger partial charge in [0.25, 0.3) is 0 Å². The van der Waals surface area contributed by atoms with Crippen molar-refractivity contribution in [2.75, 3.05) is 18.9 Å². The van der Waals surface area contributed by atoms with Crippen LogP contribution in [0.15, 0.2) is 0 Å². The van der Waals surface area contributed by atoms with Gasteiger partial charge in [0.05, 0.1) is 12.2 Å². The van der Waals surface area contributed by atoms with Crippen molar-refractivity contribution in [2.45, 2.75) is 44.9 Å². The Morgan fingerprint density at radius 2 is 1.44 bits per heavy atom. The lowest BCUT2D eigenvalue weighted by Crippen LogP contribution is -2.27. The second-order valence-electron chi connectivity index (χ2n) is 6.09. The Bertz CT molecular complexity index is 675. The van der Waals surface area contributed by atoms with E-state index in [1.54, 1.807) is 7.05 Å². The summed E-state index contributed by atoms with van der Waals surface area (Å²) in [5.74, 6) is -3.60. The number of amides is 1. The van der Waals surface area contributed by atoms with Gasteiger partial charge in [-0.3, -0.25) is 9.78 Å². The summed E-state index contributed by atoms with van der Waals surface area (Å²) in [6.45, 7) is 0.367. The Labute approximate surface area is 145 Å². The first-order chi connectivity index (χ1) is 11.9. The van der Waals surface area contributed by atoms with Gasteiger partial charge in [0, 0.05) is 11.4 Å². The zero-order chi connectivity index (χ0) is 18.4. The van der Waals surface area contributed by atoms with Crippen LogP contribution in [0, 0.1) is 0 Å². The second-order valence-corrected chi connectivity index (χ2v) is 6.09. The van der Waals surface area contributed by atoms with Crippen molar-refractivity contribution in [2.24, 2.45) is 0 Å². The van der Waals surface area contributed by atoms with Crippen molar-refractivity contribution in [1.29, 1.82) is 0 Å². The molecule has 0 radical (unpaired) electrons. The summed E-state index contributed by atoms with van der Waals surface area (Å²) >= 11 is 0. The molecule has 0 unspecified atom stereocenters. The maximum Gasteiger partial charge on any atom is 0.414 e. The summed E-state index contributed by atoms with van der Waals surface area (Å²) in [5.41, 5.74) is 6.14. The number of nitrogens with zero attached hydrogens (tertiary/aromatic N) is 1. The van der Waals surface area contributed by atoms with E-state index in [4.69, 9.17) is 24.8 Å². The number of likely N-dealkylation sites (N-methyl/N-ethyl adjacent to an activating group) is 1. The number of carbonyl (C=O) groups is 3. The highest BCUT2D eigenvalue weighted by Gasteiger charge is 2.25. The Morgan fingerprint density at radius 3 is 2.00 bits per heavy atom. The molecule has 0 saturated carbocycles. The summed E-state index contributed by atoms with van der Waals surface area (Å²) in [6.07, 6.45) is 7.86. The number of nitrogens with one attached hydrogen (secondary N) is 2. The number of pyridine rings is 1. The highest BCUT2D eigenvalue weighted by molar-refractivity contribution is 6.27. The number of anilines is 1. The fourth-order valence-corrected chi connectivity index (χ4v) is 3.24. The van der Waals surface area contributed by atoms with Crippen LogP contribution in [0.2, 0.25) is 0 Å². The van der Waals surface area contributed by atoms with Crippen molar-refractivity contribution in [3.63, 3.8) is 0 Å². The minimum absolute atomic E-state index is 0.0515. The number of carbonyl (C=O) groups excluding carboxylic acids is 1. The smallest absolute Gasteiger partial charge is 0.414 e. The van der Waals surface area contributed by atoms with Gasteiger partial charge >= 0.3 is 11.9 Å². The molecule has 3 rings (SSSR count). The van der Waals surface area contributed by atoms with E-state index in [-0.39, 0.29) is 5.91 Å². The summed E-state index contributed by atoms with van der Waals surface area (Å²) in [4.78, 5) is 34.9. The van der Waals surface area contributed by atoms with E-state index in [0.29, 0.717) is 6.54 Å². The van der Waals surface area contributed by atoms with Crippen molar-refractivity contribution < 1.29 is 24.6 Å². The molecule has 136 valence electrons. The number of fused-ring (bicyclic) bond motifs is 2. The second kappa shape index (κ2) is 8.57. The van der Waals surface area contributed by atoms with E-state index in [9.17, 15) is 4.79 Å². The molecule has 2 aliphatic carbocycles. The predicted molar refractivity (Wildman–Crippen MR) is 90.7 cm³/mol. The first-order valence-corrected chi connectivity index (χ1v) is 8.38. The highest BCUT2D eigenvalue weighted by Crippen LogP contribution is 2.35. The van der Waals surface area contributed by atoms with Gasteiger partial charge in [0.15, 0.2) is 0 Å². The third-order valence-corrected chi connectivity index (χ3v) is 4.29. The lowest BCUT2D eigenvalue weighted by atomic mass is 9.92. The molecule has 0 saturated heterocycles. The minimum atomic E-state index is -1.82. The van der Waals surface area contributed by atoms with Crippen LogP contribution in [0.3, 0.4) is 0 Å². The summed E-state index contributed by atoms with van der Waals surface area (Å²) < 4.78 is 0. The van der Waals surface area contributed by atoms with Crippen LogP contribution in [0.5, 0.6) is 0 Å². The number of rotatable bonds is 3. The van der Waals surface area contributed by atoms with Crippen LogP contribution in [0.25, 0.3) is 0 Å². The third kappa shape index (κ3) is 4.76. The highest BCUT2D eigenvalue weighted by atomic mass is 16.4. The number of aromatic nitrogens is 1. The van der Waals surface area contributed by atoms with Crippen LogP contribution in [-0.4, -0.2) is 46.6 Å². The standard InChI is InChI=1S/C15H21N3O.C2H2O4/c1-16-9-14(19)18-15-10-5-2-3-7-12(10)17-13-8-4-6-11(13)15;3-1(4)2(5)6/h16H,2-9H2,1H3,(H,17,18,19);(H,3,4)(H,5,6). The van der Waals surface area contributed by atoms with E-state index >= 15 is 0 Å². The molecule has 0 bridgehead atoms. The zero-order valence-electron chi connectivity index (χ0n) is 14.2. The molecular formula is C17H23N3O5. The number of carboxylic acid groups (broad SMARTS) is 2. The van der Waals surface area contributed by atoms with Crippen LogP contribution in [0.4, 0.5) is 5.69 Å².